The van der Waals surface area contributed by atoms with Gasteiger partial charge < -0.3 is 18.8 Å². The minimum Gasteiger partial charge on any atom is -0.495 e. The summed E-state index contributed by atoms with van der Waals surface area (Å²) >= 11 is 0. The van der Waals surface area contributed by atoms with Crippen LogP contribution >= 0.6 is 0 Å². The number of aryl methyl sites for hydroxylation is 1. The maximum absolute atomic E-state index is 12.9. The van der Waals surface area contributed by atoms with E-state index in [0.29, 0.717) is 13.1 Å². The van der Waals surface area contributed by atoms with Crippen molar-refractivity contribution in [2.75, 3.05) is 13.7 Å². The third kappa shape index (κ3) is 4.20. The van der Waals surface area contributed by atoms with E-state index in [1.54, 1.807) is 19.5 Å². The smallest absolute Gasteiger partial charge is 0.246 e. The molecule has 33 heavy (non-hydrogen) atoms. The van der Waals surface area contributed by atoms with Crippen LogP contribution in [0.25, 0.3) is 23.0 Å². The summed E-state index contributed by atoms with van der Waals surface area (Å²) < 4.78 is 9.81. The summed E-state index contributed by atoms with van der Waals surface area (Å²) in [5, 5.41) is 0. The van der Waals surface area contributed by atoms with Gasteiger partial charge in [0, 0.05) is 36.8 Å². The molecule has 5 rings (SSSR count). The van der Waals surface area contributed by atoms with Crippen LogP contribution in [0.15, 0.2) is 79.3 Å². The van der Waals surface area contributed by atoms with Gasteiger partial charge in [-0.1, -0.05) is 36.4 Å². The predicted octanol–water partition coefficient (Wildman–Crippen LogP) is 4.71. The van der Waals surface area contributed by atoms with E-state index in [4.69, 9.17) is 4.74 Å². The van der Waals surface area contributed by atoms with Gasteiger partial charge in [0.1, 0.15) is 5.75 Å². The van der Waals surface area contributed by atoms with Crippen LogP contribution in [0.2, 0.25) is 0 Å². The second kappa shape index (κ2) is 8.82. The number of methoxy groups -OCH3 is 1. The quantitative estimate of drug-likeness (QED) is 0.424. The molecule has 0 atom stereocenters. The molecule has 0 unspecified atom stereocenters. The normalized spacial score (nSPS) is 13.3. The first kappa shape index (κ1) is 20.8. The minimum atomic E-state index is 0.0111. The van der Waals surface area contributed by atoms with Gasteiger partial charge >= 0.3 is 0 Å². The molecule has 1 aliphatic rings. The fourth-order valence-electron chi connectivity index (χ4n) is 4.29. The molecule has 2 aromatic heterocycles. The monoisotopic (exact) mass is 438 g/mol. The number of hydrogen-bond acceptors (Lipinski definition) is 3. The van der Waals surface area contributed by atoms with Crippen molar-refractivity contribution in [1.82, 2.24) is 19.0 Å². The number of nitrogens with zero attached hydrogens (tertiary/aromatic N) is 4. The third-order valence-corrected chi connectivity index (χ3v) is 6.01. The van der Waals surface area contributed by atoms with Crippen molar-refractivity contribution in [3.8, 4) is 22.7 Å². The molecule has 0 fully saturated rings. The van der Waals surface area contributed by atoms with Crippen molar-refractivity contribution in [2.45, 2.75) is 20.0 Å². The van der Waals surface area contributed by atoms with Gasteiger partial charge in [-0.05, 0) is 48.4 Å². The summed E-state index contributed by atoms with van der Waals surface area (Å²) in [5.41, 5.74) is 6.32. The van der Waals surface area contributed by atoms with Gasteiger partial charge in [0.2, 0.25) is 5.91 Å². The van der Waals surface area contributed by atoms with E-state index in [2.05, 4.69) is 45.9 Å². The average molecular weight is 439 g/mol. The summed E-state index contributed by atoms with van der Waals surface area (Å²) in [5.74, 6) is 0.739. The van der Waals surface area contributed by atoms with Gasteiger partial charge in [0.15, 0.2) is 0 Å². The molecule has 0 radical (unpaired) electrons. The van der Waals surface area contributed by atoms with E-state index in [1.165, 1.54) is 11.3 Å². The molecular weight excluding hydrogens is 412 g/mol. The first-order valence-electron chi connectivity index (χ1n) is 11.0. The molecule has 2 aromatic carbocycles. The van der Waals surface area contributed by atoms with Crippen LogP contribution in [0.1, 0.15) is 17.0 Å². The maximum atomic E-state index is 12.9. The second-order valence-corrected chi connectivity index (χ2v) is 8.17. The highest BCUT2D eigenvalue weighted by Gasteiger charge is 2.21. The lowest BCUT2D eigenvalue weighted by atomic mass is 10.1. The molecule has 6 nitrogen and oxygen atoms in total. The Kier molecular flexibility index (Phi) is 5.57. The molecule has 0 N–H and O–H groups in total. The summed E-state index contributed by atoms with van der Waals surface area (Å²) in [6, 6.07) is 20.5. The number of hydrogen-bond donors (Lipinski definition) is 0. The first-order chi connectivity index (χ1) is 16.1. The van der Waals surface area contributed by atoms with Gasteiger partial charge in [0.05, 0.1) is 31.4 Å². The maximum Gasteiger partial charge on any atom is 0.246 e. The number of fused-ring (bicyclic) bond motifs is 1. The van der Waals surface area contributed by atoms with Crippen LogP contribution in [-0.4, -0.2) is 38.6 Å². The first-order valence-corrected chi connectivity index (χ1v) is 11.0. The molecule has 1 amide bonds. The zero-order valence-corrected chi connectivity index (χ0v) is 18.8. The molecule has 0 aliphatic carbocycles. The topological polar surface area (TPSA) is 52.3 Å². The van der Waals surface area contributed by atoms with Crippen molar-refractivity contribution in [3.05, 3.63) is 96.2 Å². The van der Waals surface area contributed by atoms with Crippen molar-refractivity contribution in [1.29, 1.82) is 0 Å². The van der Waals surface area contributed by atoms with Gasteiger partial charge in [-0.3, -0.25) is 4.79 Å². The van der Waals surface area contributed by atoms with E-state index >= 15 is 0 Å². The number of benzene rings is 2. The molecule has 3 heterocycles. The fraction of sp³-hybridized carbons (Fsp3) is 0.185. The number of amides is 1. The van der Waals surface area contributed by atoms with Crippen LogP contribution in [0.3, 0.4) is 0 Å². The molecular formula is C27H26N4O2. The third-order valence-electron chi connectivity index (χ3n) is 6.01. The highest BCUT2D eigenvalue weighted by molar-refractivity contribution is 5.92. The highest BCUT2D eigenvalue weighted by atomic mass is 16.5. The lowest BCUT2D eigenvalue weighted by molar-refractivity contribution is -0.127. The van der Waals surface area contributed by atoms with E-state index in [0.717, 1.165) is 34.9 Å². The van der Waals surface area contributed by atoms with Gasteiger partial charge in [-0.15, -0.1) is 0 Å². The largest absolute Gasteiger partial charge is 0.495 e. The lowest BCUT2D eigenvalue weighted by Crippen LogP contribution is -2.37. The summed E-state index contributed by atoms with van der Waals surface area (Å²) in [7, 11) is 1.65. The Hall–Kier alpha value is -4.06. The average Bonchev–Trinajstić information content (AvgIpc) is 3.48. The lowest BCUT2D eigenvalue weighted by Gasteiger charge is -2.29. The Balaban J connectivity index is 1.30. The van der Waals surface area contributed by atoms with E-state index in [1.807, 2.05) is 52.9 Å². The number of aromatic nitrogens is 3. The SMILES string of the molecule is COc1cc(C=CC(=O)N2CCn3c(ccc3-c3ccccc3)C2)ccc1-n1cnc(C)c1. The van der Waals surface area contributed by atoms with Gasteiger partial charge in [0.25, 0.3) is 0 Å². The number of carbonyl (C=O) groups excluding carboxylic acids is 1. The zero-order valence-electron chi connectivity index (χ0n) is 18.8. The Morgan fingerprint density at radius 1 is 1.06 bits per heavy atom. The molecule has 0 bridgehead atoms. The Morgan fingerprint density at radius 3 is 2.67 bits per heavy atom. The number of rotatable bonds is 5. The molecule has 6 heteroatoms. The minimum absolute atomic E-state index is 0.0111. The van der Waals surface area contributed by atoms with Crippen LogP contribution in [-0.2, 0) is 17.9 Å². The Morgan fingerprint density at radius 2 is 1.91 bits per heavy atom. The summed E-state index contributed by atoms with van der Waals surface area (Å²) in [6.07, 6.45) is 7.21. The molecule has 0 saturated carbocycles. The van der Waals surface area contributed by atoms with E-state index in [-0.39, 0.29) is 5.91 Å². The molecule has 1 aliphatic heterocycles. The van der Waals surface area contributed by atoms with Gasteiger partial charge in [-0.2, -0.15) is 0 Å². The molecule has 0 saturated heterocycles. The summed E-state index contributed by atoms with van der Waals surface area (Å²) in [4.78, 5) is 19.1. The molecule has 4 aromatic rings. The zero-order chi connectivity index (χ0) is 22.8. The van der Waals surface area contributed by atoms with Crippen molar-refractivity contribution < 1.29 is 9.53 Å². The van der Waals surface area contributed by atoms with E-state index < -0.39 is 0 Å². The fourth-order valence-corrected chi connectivity index (χ4v) is 4.29. The van der Waals surface area contributed by atoms with Gasteiger partial charge in [-0.25, -0.2) is 4.98 Å². The van der Waals surface area contributed by atoms with Crippen LogP contribution in [0.4, 0.5) is 0 Å². The molecule has 166 valence electrons. The number of ether oxygens (including phenoxy) is 1. The van der Waals surface area contributed by atoms with Crippen LogP contribution in [0.5, 0.6) is 5.75 Å². The number of carbonyl (C=O) groups is 1. The molecule has 0 spiro atoms. The predicted molar refractivity (Wildman–Crippen MR) is 129 cm³/mol. The Bertz CT molecular complexity index is 1320. The Labute approximate surface area is 193 Å². The summed E-state index contributed by atoms with van der Waals surface area (Å²) in [6.45, 7) is 4.04. The van der Waals surface area contributed by atoms with Crippen molar-refractivity contribution in [2.24, 2.45) is 0 Å². The standard InChI is InChI=1S/C27H26N4O2/c1-20-17-30(19-28-20)25-11-8-21(16-26(25)33-2)9-13-27(32)29-14-15-31-23(18-29)10-12-24(31)22-6-4-3-5-7-22/h3-13,16-17,19H,14-15,18H2,1-2H3. The highest BCUT2D eigenvalue weighted by Crippen LogP contribution is 2.27. The van der Waals surface area contributed by atoms with Crippen LogP contribution in [0, 0.1) is 6.92 Å². The van der Waals surface area contributed by atoms with Crippen LogP contribution < -0.4 is 4.74 Å². The number of imidazole rings is 1. The van der Waals surface area contributed by atoms with Crippen molar-refractivity contribution in [3.63, 3.8) is 0 Å². The second-order valence-electron chi connectivity index (χ2n) is 8.17. The van der Waals surface area contributed by atoms with E-state index in [9.17, 15) is 4.79 Å². The van der Waals surface area contributed by atoms with Crippen molar-refractivity contribution >= 4 is 12.0 Å².